The number of aryl methyl sites for hydroxylation is 1. The van der Waals surface area contributed by atoms with Crippen LogP contribution in [0.1, 0.15) is 44.9 Å². The number of imidazole rings is 1. The number of benzene rings is 1. The van der Waals surface area contributed by atoms with E-state index in [0.717, 1.165) is 12.8 Å². The van der Waals surface area contributed by atoms with Gasteiger partial charge in [-0.25, -0.2) is 17.6 Å². The van der Waals surface area contributed by atoms with Crippen molar-refractivity contribution in [1.82, 2.24) is 9.55 Å². The second-order valence-corrected chi connectivity index (χ2v) is 9.34. The molecule has 35 heavy (non-hydrogen) atoms. The number of aromatic nitrogens is 2. The Morgan fingerprint density at radius 3 is 2.43 bits per heavy atom. The van der Waals surface area contributed by atoms with E-state index in [2.05, 4.69) is 4.98 Å². The van der Waals surface area contributed by atoms with Gasteiger partial charge in [-0.05, 0) is 38.5 Å². The third-order valence-corrected chi connectivity index (χ3v) is 6.53. The number of rotatable bonds is 12. The highest BCUT2D eigenvalue weighted by atomic mass is 19.3. The van der Waals surface area contributed by atoms with E-state index in [4.69, 9.17) is 14.2 Å². The molecule has 0 radical (unpaired) electrons. The van der Waals surface area contributed by atoms with Crippen molar-refractivity contribution in [3.05, 3.63) is 17.7 Å². The first-order chi connectivity index (χ1) is 16.8. The Morgan fingerprint density at radius 2 is 1.80 bits per heavy atom. The van der Waals surface area contributed by atoms with E-state index in [-0.39, 0.29) is 54.0 Å². The molecule has 0 spiro atoms. The zero-order valence-electron chi connectivity index (χ0n) is 19.5. The maximum absolute atomic E-state index is 14.8. The minimum absolute atomic E-state index is 0.00394. The molecule has 2 aromatic rings. The third kappa shape index (κ3) is 6.23. The average molecular weight is 504 g/mol. The molecule has 1 heterocycles. The van der Waals surface area contributed by atoms with Crippen LogP contribution in [-0.2, 0) is 16.6 Å². The number of carbonyl (C=O) groups is 1. The molecule has 0 aliphatic heterocycles. The Kier molecular flexibility index (Phi) is 8.13. The Balaban J connectivity index is 1.32. The second kappa shape index (κ2) is 11.1. The SMILES string of the molecule is Cn1c(OC2CCC(OC[C@H](CF)CC(=O)C3CC3)CC2)nc2c(F)cc(OCC(F)F)c(F)c21. The standard InChI is InChI=1S/C24H29F5N2O4/c1-31-23-21(29)19(34-12-20(27)28)9-17(26)22(23)30-24(31)35-16-6-4-15(5-7-16)33-11-13(10-25)8-18(32)14-2-3-14/h9,13-16,20H,2-8,10-12H2,1H3/t13-,15?,16?/m0/s1. The number of hydrogen-bond acceptors (Lipinski definition) is 5. The highest BCUT2D eigenvalue weighted by molar-refractivity contribution is 5.83. The van der Waals surface area contributed by atoms with Crippen LogP contribution < -0.4 is 9.47 Å². The van der Waals surface area contributed by atoms with Crippen molar-refractivity contribution in [2.75, 3.05) is 19.9 Å². The van der Waals surface area contributed by atoms with Crippen molar-refractivity contribution in [1.29, 1.82) is 0 Å². The van der Waals surface area contributed by atoms with Crippen molar-refractivity contribution in [2.45, 2.75) is 63.6 Å². The predicted molar refractivity (Wildman–Crippen MR) is 117 cm³/mol. The van der Waals surface area contributed by atoms with Crippen LogP contribution >= 0.6 is 0 Å². The van der Waals surface area contributed by atoms with Gasteiger partial charge in [0.1, 0.15) is 29.5 Å². The number of carbonyl (C=O) groups excluding carboxylic acids is 1. The van der Waals surface area contributed by atoms with Gasteiger partial charge in [0.25, 0.3) is 12.4 Å². The van der Waals surface area contributed by atoms with Gasteiger partial charge in [-0.1, -0.05) is 0 Å². The summed E-state index contributed by atoms with van der Waals surface area (Å²) >= 11 is 0. The molecule has 4 rings (SSSR count). The summed E-state index contributed by atoms with van der Waals surface area (Å²) < 4.78 is 85.0. The lowest BCUT2D eigenvalue weighted by Gasteiger charge is -2.29. The molecule has 1 aromatic carbocycles. The van der Waals surface area contributed by atoms with Crippen LogP contribution in [0.4, 0.5) is 22.0 Å². The zero-order chi connectivity index (χ0) is 25.1. The number of alkyl halides is 3. The van der Waals surface area contributed by atoms with E-state index in [1.807, 2.05) is 0 Å². The van der Waals surface area contributed by atoms with Gasteiger partial charge in [0, 0.05) is 31.4 Å². The fraction of sp³-hybridized carbons (Fsp3) is 0.667. The molecule has 0 unspecified atom stereocenters. The summed E-state index contributed by atoms with van der Waals surface area (Å²) in [5, 5.41) is 0. The summed E-state index contributed by atoms with van der Waals surface area (Å²) in [5.74, 6) is -2.71. The van der Waals surface area contributed by atoms with Crippen LogP contribution in [0.25, 0.3) is 11.0 Å². The van der Waals surface area contributed by atoms with Crippen LogP contribution in [0, 0.1) is 23.5 Å². The van der Waals surface area contributed by atoms with E-state index in [9.17, 15) is 26.7 Å². The van der Waals surface area contributed by atoms with Gasteiger partial charge in [-0.15, -0.1) is 0 Å². The Bertz CT molecular complexity index is 1030. The maximum atomic E-state index is 14.8. The van der Waals surface area contributed by atoms with Gasteiger partial charge in [0.05, 0.1) is 19.4 Å². The Morgan fingerprint density at radius 1 is 1.11 bits per heavy atom. The number of ketones is 1. The molecule has 2 fully saturated rings. The van der Waals surface area contributed by atoms with E-state index in [1.165, 1.54) is 11.6 Å². The average Bonchev–Trinajstić information content (AvgIpc) is 3.63. The normalized spacial score (nSPS) is 21.5. The van der Waals surface area contributed by atoms with Crippen LogP contribution in [0.2, 0.25) is 0 Å². The molecule has 0 amide bonds. The van der Waals surface area contributed by atoms with Crippen molar-refractivity contribution >= 4 is 16.8 Å². The molecule has 1 aromatic heterocycles. The highest BCUT2D eigenvalue weighted by Gasteiger charge is 2.32. The van der Waals surface area contributed by atoms with Gasteiger partial charge in [0.2, 0.25) is 0 Å². The molecule has 2 saturated carbocycles. The Hall–Kier alpha value is -2.43. The first-order valence-electron chi connectivity index (χ1n) is 11.9. The van der Waals surface area contributed by atoms with E-state index in [0.29, 0.717) is 31.7 Å². The molecule has 0 bridgehead atoms. The quantitative estimate of drug-likeness (QED) is 0.374. The number of nitrogens with zero attached hydrogens (tertiary/aromatic N) is 2. The second-order valence-electron chi connectivity index (χ2n) is 9.34. The first-order valence-corrected chi connectivity index (χ1v) is 11.9. The van der Waals surface area contributed by atoms with Crippen LogP contribution in [0.5, 0.6) is 11.8 Å². The van der Waals surface area contributed by atoms with Crippen LogP contribution in [-0.4, -0.2) is 53.9 Å². The summed E-state index contributed by atoms with van der Waals surface area (Å²) in [5.41, 5.74) is -0.515. The molecular formula is C24H29F5N2O4. The lowest BCUT2D eigenvalue weighted by Crippen LogP contribution is -2.30. The van der Waals surface area contributed by atoms with Gasteiger partial charge in [-0.3, -0.25) is 13.8 Å². The molecule has 194 valence electrons. The summed E-state index contributed by atoms with van der Waals surface area (Å²) in [6.07, 6.45) is 1.36. The summed E-state index contributed by atoms with van der Waals surface area (Å²) in [6.45, 7) is -1.45. The number of hydrogen-bond donors (Lipinski definition) is 0. The lowest BCUT2D eigenvalue weighted by molar-refractivity contribution is -0.122. The minimum atomic E-state index is -2.83. The fourth-order valence-corrected chi connectivity index (χ4v) is 4.38. The monoisotopic (exact) mass is 504 g/mol. The van der Waals surface area contributed by atoms with E-state index in [1.54, 1.807) is 0 Å². The number of fused-ring (bicyclic) bond motifs is 1. The summed E-state index contributed by atoms with van der Waals surface area (Å²) in [4.78, 5) is 16.0. The molecule has 1 atom stereocenters. The fourth-order valence-electron chi connectivity index (χ4n) is 4.38. The van der Waals surface area contributed by atoms with Gasteiger partial charge >= 0.3 is 0 Å². The maximum Gasteiger partial charge on any atom is 0.297 e. The molecule has 0 saturated heterocycles. The van der Waals surface area contributed by atoms with Gasteiger partial charge < -0.3 is 14.2 Å². The van der Waals surface area contributed by atoms with Crippen molar-refractivity contribution < 1.29 is 41.0 Å². The zero-order valence-corrected chi connectivity index (χ0v) is 19.5. The molecule has 2 aliphatic carbocycles. The number of halogens is 5. The topological polar surface area (TPSA) is 62.6 Å². The minimum Gasteiger partial charge on any atom is -0.484 e. The summed E-state index contributed by atoms with van der Waals surface area (Å²) in [6, 6.07) is 0.701. The van der Waals surface area contributed by atoms with Gasteiger partial charge in [-0.2, -0.15) is 4.98 Å². The number of ether oxygens (including phenoxy) is 3. The van der Waals surface area contributed by atoms with Gasteiger partial charge in [0.15, 0.2) is 17.4 Å². The van der Waals surface area contributed by atoms with Crippen LogP contribution in [0.3, 0.4) is 0 Å². The molecule has 2 aliphatic rings. The molecule has 11 heteroatoms. The van der Waals surface area contributed by atoms with Crippen molar-refractivity contribution in [2.24, 2.45) is 18.9 Å². The van der Waals surface area contributed by atoms with Crippen molar-refractivity contribution in [3.8, 4) is 11.8 Å². The van der Waals surface area contributed by atoms with Crippen LogP contribution in [0.15, 0.2) is 6.07 Å². The van der Waals surface area contributed by atoms with Crippen molar-refractivity contribution in [3.63, 3.8) is 0 Å². The largest absolute Gasteiger partial charge is 0.484 e. The predicted octanol–water partition coefficient (Wildman–Crippen LogP) is 5.16. The third-order valence-electron chi connectivity index (χ3n) is 6.53. The van der Waals surface area contributed by atoms with E-state index >= 15 is 0 Å². The molecular weight excluding hydrogens is 475 g/mol. The molecule has 0 N–H and O–H groups in total. The first kappa shape index (κ1) is 25.7. The molecule has 6 nitrogen and oxygen atoms in total. The highest BCUT2D eigenvalue weighted by Crippen LogP contribution is 2.34. The lowest BCUT2D eigenvalue weighted by atomic mass is 9.94. The van der Waals surface area contributed by atoms with E-state index < -0.39 is 43.0 Å². The Labute approximate surface area is 199 Å². The summed E-state index contributed by atoms with van der Waals surface area (Å²) in [7, 11) is 1.44. The smallest absolute Gasteiger partial charge is 0.297 e. The number of Topliss-reactive ketones (excluding diaryl/α,β-unsaturated/α-hetero) is 1.